The number of aryl methyl sites for hydroxylation is 1. The van der Waals surface area contributed by atoms with Crippen molar-refractivity contribution in [3.05, 3.63) is 29.3 Å². The van der Waals surface area contributed by atoms with Crippen molar-refractivity contribution in [2.24, 2.45) is 0 Å². The zero-order valence-electron chi connectivity index (χ0n) is 11.6. The number of anilines is 1. The van der Waals surface area contributed by atoms with E-state index in [2.05, 4.69) is 0 Å². The first kappa shape index (κ1) is 14.5. The quantitative estimate of drug-likeness (QED) is 0.814. The molecule has 1 aromatic carbocycles. The van der Waals surface area contributed by atoms with Gasteiger partial charge in [0.2, 0.25) is 0 Å². The minimum atomic E-state index is -0.00236. The molecule has 0 saturated carbocycles. The van der Waals surface area contributed by atoms with Crippen molar-refractivity contribution in [2.45, 2.75) is 26.8 Å². The lowest BCUT2D eigenvalue weighted by Crippen LogP contribution is -2.39. The molecule has 1 aromatic rings. The highest BCUT2D eigenvalue weighted by molar-refractivity contribution is 5.95. The summed E-state index contributed by atoms with van der Waals surface area (Å²) in [6.07, 6.45) is 0. The first-order valence-corrected chi connectivity index (χ1v) is 6.12. The molecule has 0 saturated heterocycles. The van der Waals surface area contributed by atoms with Gasteiger partial charge in [-0.05, 0) is 44.5 Å². The molecule has 1 rings (SSSR count). The number of nitrogens with zero attached hydrogens (tertiary/aromatic N) is 1. The predicted molar refractivity (Wildman–Crippen MR) is 73.6 cm³/mol. The van der Waals surface area contributed by atoms with Gasteiger partial charge in [-0.25, -0.2) is 0 Å². The van der Waals surface area contributed by atoms with Crippen molar-refractivity contribution >= 4 is 11.6 Å². The Labute approximate surface area is 109 Å². The molecule has 4 heteroatoms. The number of benzene rings is 1. The summed E-state index contributed by atoms with van der Waals surface area (Å²) in [6.45, 7) is 7.04. The van der Waals surface area contributed by atoms with E-state index in [9.17, 15) is 4.79 Å². The fraction of sp³-hybridized carbons (Fsp3) is 0.500. The highest BCUT2D eigenvalue weighted by Gasteiger charge is 2.18. The van der Waals surface area contributed by atoms with Gasteiger partial charge < -0.3 is 15.4 Å². The fourth-order valence-corrected chi connectivity index (χ4v) is 1.89. The van der Waals surface area contributed by atoms with Crippen LogP contribution in [0.25, 0.3) is 0 Å². The van der Waals surface area contributed by atoms with Gasteiger partial charge in [-0.2, -0.15) is 0 Å². The van der Waals surface area contributed by atoms with Crippen molar-refractivity contribution in [3.63, 3.8) is 0 Å². The van der Waals surface area contributed by atoms with Gasteiger partial charge in [-0.3, -0.25) is 4.79 Å². The Kier molecular flexibility index (Phi) is 5.16. The van der Waals surface area contributed by atoms with Crippen LogP contribution in [-0.4, -0.2) is 37.1 Å². The van der Waals surface area contributed by atoms with Crippen LogP contribution in [0.3, 0.4) is 0 Å². The SMILES string of the molecule is COCCN(C(=O)c1cc(C)cc(N)c1)C(C)C. The molecule has 100 valence electrons. The second-order valence-corrected chi connectivity index (χ2v) is 4.72. The van der Waals surface area contributed by atoms with Crippen molar-refractivity contribution in [3.8, 4) is 0 Å². The summed E-state index contributed by atoms with van der Waals surface area (Å²) in [5, 5.41) is 0. The van der Waals surface area contributed by atoms with Crippen molar-refractivity contribution < 1.29 is 9.53 Å². The van der Waals surface area contributed by atoms with Gasteiger partial charge in [0.1, 0.15) is 0 Å². The number of nitrogens with two attached hydrogens (primary N) is 1. The van der Waals surface area contributed by atoms with E-state index < -0.39 is 0 Å². The summed E-state index contributed by atoms with van der Waals surface area (Å²) in [7, 11) is 1.63. The number of carbonyl (C=O) groups is 1. The molecule has 0 aliphatic rings. The third kappa shape index (κ3) is 3.74. The summed E-state index contributed by atoms with van der Waals surface area (Å²) < 4.78 is 5.04. The molecular formula is C14H22N2O2. The topological polar surface area (TPSA) is 55.6 Å². The Bertz CT molecular complexity index is 396. The first-order valence-electron chi connectivity index (χ1n) is 6.12. The molecule has 0 spiro atoms. The molecule has 18 heavy (non-hydrogen) atoms. The Morgan fingerprint density at radius 1 is 1.39 bits per heavy atom. The highest BCUT2D eigenvalue weighted by atomic mass is 16.5. The highest BCUT2D eigenvalue weighted by Crippen LogP contribution is 2.14. The van der Waals surface area contributed by atoms with Gasteiger partial charge in [0.25, 0.3) is 5.91 Å². The van der Waals surface area contributed by atoms with Crippen LogP contribution in [0.5, 0.6) is 0 Å². The van der Waals surface area contributed by atoms with E-state index in [1.807, 2.05) is 32.9 Å². The van der Waals surface area contributed by atoms with Crippen molar-refractivity contribution in [2.75, 3.05) is 26.0 Å². The van der Waals surface area contributed by atoms with Gasteiger partial charge in [-0.1, -0.05) is 0 Å². The summed E-state index contributed by atoms with van der Waals surface area (Å²) in [6, 6.07) is 5.57. The molecule has 0 aliphatic heterocycles. The number of nitrogen functional groups attached to an aromatic ring is 1. The van der Waals surface area contributed by atoms with Gasteiger partial charge in [0.15, 0.2) is 0 Å². The third-order valence-corrected chi connectivity index (χ3v) is 2.77. The Morgan fingerprint density at radius 2 is 2.06 bits per heavy atom. The van der Waals surface area contributed by atoms with Gasteiger partial charge in [-0.15, -0.1) is 0 Å². The zero-order valence-corrected chi connectivity index (χ0v) is 11.6. The van der Waals surface area contributed by atoms with E-state index in [1.165, 1.54) is 0 Å². The fourth-order valence-electron chi connectivity index (χ4n) is 1.89. The molecule has 0 radical (unpaired) electrons. The van der Waals surface area contributed by atoms with Crippen LogP contribution >= 0.6 is 0 Å². The Hall–Kier alpha value is -1.55. The van der Waals surface area contributed by atoms with Gasteiger partial charge in [0, 0.05) is 30.9 Å². The number of amides is 1. The number of carbonyl (C=O) groups excluding carboxylic acids is 1. The molecule has 0 aliphatic carbocycles. The average Bonchev–Trinajstić information content (AvgIpc) is 2.27. The van der Waals surface area contributed by atoms with Crippen LogP contribution in [0.1, 0.15) is 29.8 Å². The van der Waals surface area contributed by atoms with E-state index in [0.29, 0.717) is 24.4 Å². The number of methoxy groups -OCH3 is 1. The lowest BCUT2D eigenvalue weighted by molar-refractivity contribution is 0.0635. The van der Waals surface area contributed by atoms with E-state index in [0.717, 1.165) is 5.56 Å². The summed E-state index contributed by atoms with van der Waals surface area (Å²) in [4.78, 5) is 14.2. The van der Waals surface area contributed by atoms with E-state index in [4.69, 9.17) is 10.5 Å². The minimum Gasteiger partial charge on any atom is -0.399 e. The molecule has 0 bridgehead atoms. The molecule has 0 heterocycles. The molecule has 4 nitrogen and oxygen atoms in total. The summed E-state index contributed by atoms with van der Waals surface area (Å²) in [5.74, 6) is -0.00236. The second kappa shape index (κ2) is 6.40. The number of hydrogen-bond acceptors (Lipinski definition) is 3. The number of hydrogen-bond donors (Lipinski definition) is 1. The molecular weight excluding hydrogens is 228 g/mol. The van der Waals surface area contributed by atoms with E-state index in [1.54, 1.807) is 18.1 Å². The number of rotatable bonds is 5. The summed E-state index contributed by atoms with van der Waals surface area (Å²) >= 11 is 0. The van der Waals surface area contributed by atoms with E-state index >= 15 is 0 Å². The monoisotopic (exact) mass is 250 g/mol. The largest absolute Gasteiger partial charge is 0.399 e. The van der Waals surface area contributed by atoms with Crippen LogP contribution in [-0.2, 0) is 4.74 Å². The molecule has 0 unspecified atom stereocenters. The standard InChI is InChI=1S/C14H22N2O2/c1-10(2)16(5-6-18-4)14(17)12-7-11(3)8-13(15)9-12/h7-10H,5-6,15H2,1-4H3. The zero-order chi connectivity index (χ0) is 13.7. The second-order valence-electron chi connectivity index (χ2n) is 4.72. The summed E-state index contributed by atoms with van der Waals surface area (Å²) in [5.41, 5.74) is 8.03. The third-order valence-electron chi connectivity index (χ3n) is 2.77. The lowest BCUT2D eigenvalue weighted by atomic mass is 10.1. The van der Waals surface area contributed by atoms with Crippen LogP contribution in [0.4, 0.5) is 5.69 Å². The molecule has 2 N–H and O–H groups in total. The molecule has 0 fully saturated rings. The Balaban J connectivity index is 2.94. The molecule has 1 amide bonds. The lowest BCUT2D eigenvalue weighted by Gasteiger charge is -2.26. The normalized spacial score (nSPS) is 10.7. The maximum Gasteiger partial charge on any atom is 0.254 e. The maximum atomic E-state index is 12.4. The van der Waals surface area contributed by atoms with Crippen molar-refractivity contribution in [1.82, 2.24) is 4.90 Å². The van der Waals surface area contributed by atoms with Crippen LogP contribution in [0.2, 0.25) is 0 Å². The van der Waals surface area contributed by atoms with Gasteiger partial charge >= 0.3 is 0 Å². The van der Waals surface area contributed by atoms with Crippen LogP contribution in [0.15, 0.2) is 18.2 Å². The Morgan fingerprint density at radius 3 is 2.56 bits per heavy atom. The maximum absolute atomic E-state index is 12.4. The van der Waals surface area contributed by atoms with Crippen LogP contribution < -0.4 is 5.73 Å². The van der Waals surface area contributed by atoms with Crippen LogP contribution in [0, 0.1) is 6.92 Å². The average molecular weight is 250 g/mol. The first-order chi connectivity index (χ1) is 8.45. The van der Waals surface area contributed by atoms with Gasteiger partial charge in [0.05, 0.1) is 6.61 Å². The minimum absolute atomic E-state index is 0.00236. The smallest absolute Gasteiger partial charge is 0.254 e. The molecule has 0 aromatic heterocycles. The predicted octanol–water partition coefficient (Wildman–Crippen LogP) is 2.07. The van der Waals surface area contributed by atoms with E-state index in [-0.39, 0.29) is 11.9 Å². The van der Waals surface area contributed by atoms with Crippen molar-refractivity contribution in [1.29, 1.82) is 0 Å². The number of ether oxygens (including phenoxy) is 1. The molecule has 0 atom stereocenters.